The van der Waals surface area contributed by atoms with Crippen molar-refractivity contribution in [2.45, 2.75) is 20.4 Å². The van der Waals surface area contributed by atoms with Gasteiger partial charge in [0.1, 0.15) is 11.5 Å². The fraction of sp³-hybridized carbons (Fsp3) is 0.120. The maximum absolute atomic E-state index is 6.24. The Morgan fingerprint density at radius 1 is 0.939 bits per heavy atom. The molecule has 168 valence electrons. The number of nitrogens with zero attached hydrogens (tertiary/aromatic N) is 2. The zero-order valence-electron chi connectivity index (χ0n) is 18.1. The molecule has 0 unspecified atom stereocenters. The smallest absolute Gasteiger partial charge is 0.175 e. The zero-order valence-corrected chi connectivity index (χ0v) is 20.4. The second-order valence-electron chi connectivity index (χ2n) is 7.47. The summed E-state index contributed by atoms with van der Waals surface area (Å²) in [4.78, 5) is 0. The van der Waals surface area contributed by atoms with Crippen LogP contribution in [0.25, 0.3) is 0 Å². The molecule has 1 heterocycles. The fourth-order valence-corrected chi connectivity index (χ4v) is 4.06. The Kier molecular flexibility index (Phi) is 7.18. The molecule has 1 aromatic heterocycles. The molecule has 0 aliphatic rings. The maximum atomic E-state index is 6.24. The van der Waals surface area contributed by atoms with Crippen LogP contribution in [0.2, 0.25) is 10.0 Å². The van der Waals surface area contributed by atoms with Crippen LogP contribution < -0.4 is 15.4 Å². The first-order chi connectivity index (χ1) is 15.9. The normalized spacial score (nSPS) is 10.7. The van der Waals surface area contributed by atoms with E-state index in [0.717, 1.165) is 34.1 Å². The summed E-state index contributed by atoms with van der Waals surface area (Å²) in [6, 6.07) is 22.9. The molecule has 0 aliphatic heterocycles. The summed E-state index contributed by atoms with van der Waals surface area (Å²) >= 11 is 17.7. The lowest BCUT2D eigenvalue weighted by atomic mass is 10.2. The van der Waals surface area contributed by atoms with Crippen LogP contribution in [-0.4, -0.2) is 14.9 Å². The number of hydrogen-bond acceptors (Lipinski definition) is 3. The Bertz CT molecular complexity index is 1290. The quantitative estimate of drug-likeness (QED) is 0.271. The van der Waals surface area contributed by atoms with Gasteiger partial charge in [0.25, 0.3) is 0 Å². The van der Waals surface area contributed by atoms with Crippen LogP contribution in [0.1, 0.15) is 17.0 Å². The molecular weight excluding hydrogens is 475 g/mol. The fourth-order valence-electron chi connectivity index (χ4n) is 3.39. The van der Waals surface area contributed by atoms with Gasteiger partial charge in [-0.05, 0) is 74.1 Å². The highest BCUT2D eigenvalue weighted by Crippen LogP contribution is 2.27. The Hall–Kier alpha value is -3.06. The summed E-state index contributed by atoms with van der Waals surface area (Å²) in [5.41, 5.74) is 4.42. The van der Waals surface area contributed by atoms with Crippen LogP contribution in [0.4, 0.5) is 11.4 Å². The number of thiocarbonyl (C=S) groups is 1. The number of aromatic nitrogens is 2. The third-order valence-electron chi connectivity index (χ3n) is 5.01. The highest BCUT2D eigenvalue weighted by atomic mass is 35.5. The van der Waals surface area contributed by atoms with E-state index in [1.165, 1.54) is 0 Å². The van der Waals surface area contributed by atoms with Gasteiger partial charge < -0.3 is 15.4 Å². The molecule has 0 amide bonds. The zero-order chi connectivity index (χ0) is 23.4. The lowest BCUT2D eigenvalue weighted by Gasteiger charge is -2.13. The maximum Gasteiger partial charge on any atom is 0.175 e. The summed E-state index contributed by atoms with van der Waals surface area (Å²) in [5, 5.41) is 12.5. The van der Waals surface area contributed by atoms with Crippen LogP contribution in [-0.2, 0) is 6.54 Å². The summed E-state index contributed by atoms with van der Waals surface area (Å²) in [7, 11) is 0. The average Bonchev–Trinajstić information content (AvgIpc) is 3.04. The first-order valence-corrected chi connectivity index (χ1v) is 11.4. The molecule has 0 aliphatic carbocycles. The number of anilines is 2. The molecule has 0 radical (unpaired) electrons. The van der Waals surface area contributed by atoms with E-state index in [4.69, 9.17) is 45.3 Å². The summed E-state index contributed by atoms with van der Waals surface area (Å²) in [5.74, 6) is 1.58. The van der Waals surface area contributed by atoms with Gasteiger partial charge in [-0.2, -0.15) is 5.10 Å². The first kappa shape index (κ1) is 23.1. The van der Waals surface area contributed by atoms with Gasteiger partial charge in [-0.15, -0.1) is 0 Å². The minimum Gasteiger partial charge on any atom is -0.457 e. The molecule has 4 aromatic rings. The molecule has 0 bridgehead atoms. The monoisotopic (exact) mass is 496 g/mol. The van der Waals surface area contributed by atoms with E-state index in [1.54, 1.807) is 18.2 Å². The Balaban J connectivity index is 1.46. The van der Waals surface area contributed by atoms with Crippen LogP contribution >= 0.6 is 35.4 Å². The summed E-state index contributed by atoms with van der Waals surface area (Å²) in [6.45, 7) is 4.55. The van der Waals surface area contributed by atoms with Gasteiger partial charge in [-0.25, -0.2) is 0 Å². The standard InChI is InChI=1S/C25H22Cl2N4OS/c1-16-24(29-25(33)28-23-12-11-19(26)14-22(23)27)17(2)31(30-16)15-18-7-6-10-21(13-18)32-20-8-4-3-5-9-20/h3-14H,15H2,1-2H3,(H2,28,29,33). The lowest BCUT2D eigenvalue weighted by molar-refractivity contribution is 0.481. The minimum atomic E-state index is 0.420. The number of benzene rings is 3. The Morgan fingerprint density at radius 3 is 2.45 bits per heavy atom. The van der Waals surface area contributed by atoms with E-state index < -0.39 is 0 Å². The lowest BCUT2D eigenvalue weighted by Crippen LogP contribution is -2.20. The van der Waals surface area contributed by atoms with E-state index in [-0.39, 0.29) is 0 Å². The Labute approximate surface area is 208 Å². The van der Waals surface area contributed by atoms with Gasteiger partial charge in [0.05, 0.1) is 34.3 Å². The highest BCUT2D eigenvalue weighted by Gasteiger charge is 2.14. The van der Waals surface area contributed by atoms with Gasteiger partial charge >= 0.3 is 0 Å². The molecule has 0 spiro atoms. The molecule has 8 heteroatoms. The molecule has 33 heavy (non-hydrogen) atoms. The van der Waals surface area contributed by atoms with Gasteiger partial charge in [0, 0.05) is 5.02 Å². The van der Waals surface area contributed by atoms with Crippen LogP contribution in [0.5, 0.6) is 11.5 Å². The molecule has 2 N–H and O–H groups in total. The minimum absolute atomic E-state index is 0.420. The van der Waals surface area contributed by atoms with Crippen molar-refractivity contribution in [2.24, 2.45) is 0 Å². The highest BCUT2D eigenvalue weighted by molar-refractivity contribution is 7.80. The number of nitrogens with one attached hydrogen (secondary N) is 2. The molecule has 0 atom stereocenters. The van der Waals surface area contributed by atoms with E-state index in [2.05, 4.69) is 16.7 Å². The third kappa shape index (κ3) is 5.85. The van der Waals surface area contributed by atoms with Crippen molar-refractivity contribution in [3.63, 3.8) is 0 Å². The van der Waals surface area contributed by atoms with Crippen molar-refractivity contribution in [1.29, 1.82) is 0 Å². The molecular formula is C25H22Cl2N4OS. The molecule has 3 aromatic carbocycles. The van der Waals surface area contributed by atoms with E-state index in [1.807, 2.05) is 67.1 Å². The first-order valence-electron chi connectivity index (χ1n) is 10.3. The summed E-state index contributed by atoms with van der Waals surface area (Å²) < 4.78 is 7.90. The largest absolute Gasteiger partial charge is 0.457 e. The van der Waals surface area contributed by atoms with Crippen molar-refractivity contribution >= 4 is 51.9 Å². The third-order valence-corrected chi connectivity index (χ3v) is 5.76. The van der Waals surface area contributed by atoms with E-state index in [0.29, 0.717) is 27.4 Å². The summed E-state index contributed by atoms with van der Waals surface area (Å²) in [6.07, 6.45) is 0. The number of para-hydroxylation sites is 1. The second kappa shape index (κ2) is 10.3. The number of rotatable bonds is 6. The average molecular weight is 497 g/mol. The number of hydrogen-bond donors (Lipinski definition) is 2. The molecule has 0 saturated heterocycles. The van der Waals surface area contributed by atoms with Crippen molar-refractivity contribution in [1.82, 2.24) is 9.78 Å². The molecule has 0 fully saturated rings. The van der Waals surface area contributed by atoms with Gasteiger partial charge in [-0.3, -0.25) is 4.68 Å². The number of ether oxygens (including phenoxy) is 1. The topological polar surface area (TPSA) is 51.1 Å². The van der Waals surface area contributed by atoms with Crippen molar-refractivity contribution in [3.8, 4) is 11.5 Å². The predicted molar refractivity (Wildman–Crippen MR) is 140 cm³/mol. The SMILES string of the molecule is Cc1nn(Cc2cccc(Oc3ccccc3)c2)c(C)c1NC(=S)Nc1ccc(Cl)cc1Cl. The molecule has 4 rings (SSSR count). The van der Waals surface area contributed by atoms with Crippen LogP contribution in [0, 0.1) is 13.8 Å². The van der Waals surface area contributed by atoms with Crippen LogP contribution in [0.15, 0.2) is 72.8 Å². The second-order valence-corrected chi connectivity index (χ2v) is 8.72. The van der Waals surface area contributed by atoms with Gasteiger partial charge in [0.15, 0.2) is 5.11 Å². The van der Waals surface area contributed by atoms with Gasteiger partial charge in [0.2, 0.25) is 0 Å². The van der Waals surface area contributed by atoms with E-state index in [9.17, 15) is 0 Å². The number of aryl methyl sites for hydroxylation is 1. The van der Waals surface area contributed by atoms with Crippen molar-refractivity contribution < 1.29 is 4.74 Å². The Morgan fingerprint density at radius 2 is 1.70 bits per heavy atom. The van der Waals surface area contributed by atoms with Crippen LogP contribution in [0.3, 0.4) is 0 Å². The number of halogens is 2. The molecule has 0 saturated carbocycles. The molecule has 5 nitrogen and oxygen atoms in total. The van der Waals surface area contributed by atoms with Crippen molar-refractivity contribution in [3.05, 3.63) is 99.8 Å². The van der Waals surface area contributed by atoms with Crippen molar-refractivity contribution in [2.75, 3.05) is 10.6 Å². The predicted octanol–water partition coefficient (Wildman–Crippen LogP) is 7.46. The van der Waals surface area contributed by atoms with E-state index >= 15 is 0 Å². The van der Waals surface area contributed by atoms with Gasteiger partial charge in [-0.1, -0.05) is 53.5 Å².